The summed E-state index contributed by atoms with van der Waals surface area (Å²) in [5.74, 6) is 0.518. The van der Waals surface area contributed by atoms with E-state index in [9.17, 15) is 5.11 Å². The molecule has 5 N–H and O–H groups in total. The second-order valence-electron chi connectivity index (χ2n) is 7.58. The number of benzene rings is 1. The van der Waals surface area contributed by atoms with Crippen LogP contribution in [0.3, 0.4) is 0 Å². The Kier molecular flexibility index (Phi) is 6.31. The Morgan fingerprint density at radius 1 is 1.50 bits per heavy atom. The van der Waals surface area contributed by atoms with Gasteiger partial charge in [-0.25, -0.2) is 9.98 Å². The minimum absolute atomic E-state index is 0.147. The van der Waals surface area contributed by atoms with Crippen molar-refractivity contribution in [3.8, 4) is 0 Å². The number of ether oxygens (including phenoxy) is 1. The summed E-state index contributed by atoms with van der Waals surface area (Å²) in [6, 6.07) is 5.17. The van der Waals surface area contributed by atoms with Crippen molar-refractivity contribution in [2.24, 2.45) is 15.7 Å². The molecule has 1 aromatic rings. The number of hydrogen-bond donors (Lipinski definition) is 4. The highest BCUT2D eigenvalue weighted by Gasteiger charge is 2.49. The molecule has 0 saturated carbocycles. The van der Waals surface area contributed by atoms with Crippen molar-refractivity contribution < 1.29 is 9.84 Å². The molecule has 3 rings (SSSR count). The van der Waals surface area contributed by atoms with Crippen LogP contribution in [-0.4, -0.2) is 72.6 Å². The van der Waals surface area contributed by atoms with Crippen LogP contribution < -0.4 is 16.4 Å². The van der Waals surface area contributed by atoms with Crippen molar-refractivity contribution in [3.05, 3.63) is 33.8 Å². The molecule has 0 aromatic heterocycles. The molecule has 0 bridgehead atoms. The quantitative estimate of drug-likeness (QED) is 0.503. The van der Waals surface area contributed by atoms with Crippen molar-refractivity contribution in [3.63, 3.8) is 0 Å². The number of amidine groups is 1. The van der Waals surface area contributed by atoms with Crippen molar-refractivity contribution in [2.75, 3.05) is 26.9 Å². The lowest BCUT2D eigenvalue weighted by Crippen LogP contribution is -2.67. The molecular weight excluding hydrogens is 403 g/mol. The molecule has 3 unspecified atom stereocenters. The summed E-state index contributed by atoms with van der Waals surface area (Å²) >= 11 is 12.4. The van der Waals surface area contributed by atoms with Crippen LogP contribution in [0.15, 0.2) is 28.2 Å². The average Bonchev–Trinajstić information content (AvgIpc) is 2.91. The first-order valence-corrected chi connectivity index (χ1v) is 9.71. The molecule has 2 heterocycles. The summed E-state index contributed by atoms with van der Waals surface area (Å²) < 4.78 is 5.10. The minimum atomic E-state index is -1.21. The molecular formula is C18H26Cl2N6O2. The molecule has 0 radical (unpaired) electrons. The highest BCUT2D eigenvalue weighted by molar-refractivity contribution is 6.44. The molecule has 4 atom stereocenters. The lowest BCUT2D eigenvalue weighted by atomic mass is 9.91. The van der Waals surface area contributed by atoms with Crippen molar-refractivity contribution in [1.82, 2.24) is 15.5 Å². The number of rotatable bonds is 6. The van der Waals surface area contributed by atoms with E-state index in [0.717, 1.165) is 0 Å². The van der Waals surface area contributed by atoms with Gasteiger partial charge in [-0.2, -0.15) is 0 Å². The average molecular weight is 429 g/mol. The minimum Gasteiger partial charge on any atom is -0.380 e. The van der Waals surface area contributed by atoms with E-state index >= 15 is 0 Å². The van der Waals surface area contributed by atoms with Crippen LogP contribution in [0.1, 0.15) is 19.4 Å². The number of nitrogens with zero attached hydrogens (tertiary/aromatic N) is 3. The summed E-state index contributed by atoms with van der Waals surface area (Å²) in [5.41, 5.74) is 5.26. The van der Waals surface area contributed by atoms with Gasteiger partial charge >= 0.3 is 0 Å². The number of aliphatic hydroxyl groups is 1. The van der Waals surface area contributed by atoms with E-state index < -0.39 is 11.3 Å². The molecule has 154 valence electrons. The Morgan fingerprint density at radius 3 is 2.89 bits per heavy atom. The number of methoxy groups -OCH3 is 1. The molecule has 28 heavy (non-hydrogen) atoms. The van der Waals surface area contributed by atoms with Crippen molar-refractivity contribution in [1.29, 1.82) is 0 Å². The maximum Gasteiger partial charge on any atom is 0.159 e. The maximum atomic E-state index is 10.6. The van der Waals surface area contributed by atoms with Crippen molar-refractivity contribution >= 4 is 35.4 Å². The molecule has 10 heteroatoms. The summed E-state index contributed by atoms with van der Waals surface area (Å²) in [6.07, 6.45) is 1.39. The lowest BCUT2D eigenvalue weighted by molar-refractivity contribution is -0.0664. The van der Waals surface area contributed by atoms with Crippen LogP contribution in [0.5, 0.6) is 0 Å². The summed E-state index contributed by atoms with van der Waals surface area (Å²) in [7, 11) is 1.54. The Labute approximate surface area is 174 Å². The predicted molar refractivity (Wildman–Crippen MR) is 112 cm³/mol. The van der Waals surface area contributed by atoms with E-state index in [1.165, 1.54) is 0 Å². The summed E-state index contributed by atoms with van der Waals surface area (Å²) in [6.45, 7) is 4.74. The van der Waals surface area contributed by atoms with Gasteiger partial charge in [0.1, 0.15) is 12.4 Å². The van der Waals surface area contributed by atoms with E-state index in [2.05, 4.69) is 20.6 Å². The number of nitrogens with two attached hydrogens (primary N) is 1. The Hall–Kier alpha value is -1.26. The van der Waals surface area contributed by atoms with E-state index in [1.807, 2.05) is 24.0 Å². The van der Waals surface area contributed by atoms with Gasteiger partial charge in [0.05, 0.1) is 40.7 Å². The number of halogens is 2. The van der Waals surface area contributed by atoms with E-state index in [4.69, 9.17) is 33.7 Å². The standard InChI is InChI=1S/C18H26Cl2N6O2/c1-17(25-18(2,27)8-28-3)7-22-15(21)14(17)26-9-23-16(24-10-26)11-5-4-6-12(19)13(11)20/h4-6,9,14-15,22,25,27H,7-8,10,21H2,1-3H3/t14?,15?,17?,18-/m0/s1. The van der Waals surface area contributed by atoms with Crippen molar-refractivity contribution in [2.45, 2.75) is 37.3 Å². The zero-order valence-electron chi connectivity index (χ0n) is 16.1. The Morgan fingerprint density at radius 2 is 2.25 bits per heavy atom. The van der Waals surface area contributed by atoms with E-state index in [0.29, 0.717) is 34.7 Å². The highest BCUT2D eigenvalue weighted by Crippen LogP contribution is 2.29. The predicted octanol–water partition coefficient (Wildman–Crippen LogP) is 1.00. The third-order valence-electron chi connectivity index (χ3n) is 4.94. The zero-order valence-corrected chi connectivity index (χ0v) is 17.6. The SMILES string of the molecule is COC[C@](C)(O)NC1(C)CNC(N)C1N1C=NC(c2cccc(Cl)c2Cl)=NC1. The smallest absolute Gasteiger partial charge is 0.159 e. The summed E-state index contributed by atoms with van der Waals surface area (Å²) in [5, 5.41) is 18.0. The van der Waals surface area contributed by atoms with Gasteiger partial charge in [-0.05, 0) is 26.0 Å². The third kappa shape index (κ3) is 4.33. The topological polar surface area (TPSA) is 108 Å². The fraction of sp³-hybridized carbons (Fsp3) is 0.556. The van der Waals surface area contributed by atoms with Gasteiger partial charge in [0, 0.05) is 19.2 Å². The first-order valence-electron chi connectivity index (χ1n) is 8.95. The Balaban J connectivity index is 1.79. The van der Waals surface area contributed by atoms with Crippen LogP contribution >= 0.6 is 23.2 Å². The van der Waals surface area contributed by atoms with Gasteiger partial charge in [0.15, 0.2) is 5.84 Å². The van der Waals surface area contributed by atoms with Gasteiger partial charge < -0.3 is 20.5 Å². The molecule has 0 amide bonds. The van der Waals surface area contributed by atoms with Gasteiger partial charge in [0.25, 0.3) is 0 Å². The largest absolute Gasteiger partial charge is 0.380 e. The van der Waals surface area contributed by atoms with Gasteiger partial charge in [0.2, 0.25) is 0 Å². The zero-order chi connectivity index (χ0) is 20.5. The second kappa shape index (κ2) is 8.23. The molecule has 0 aliphatic carbocycles. The first-order chi connectivity index (χ1) is 13.2. The fourth-order valence-electron chi connectivity index (χ4n) is 3.91. The monoisotopic (exact) mass is 428 g/mol. The van der Waals surface area contributed by atoms with Gasteiger partial charge in [-0.15, -0.1) is 0 Å². The molecule has 1 aromatic carbocycles. The lowest BCUT2D eigenvalue weighted by Gasteiger charge is -2.43. The molecule has 1 fully saturated rings. The van der Waals surface area contributed by atoms with Crippen LogP contribution in [0.4, 0.5) is 0 Å². The molecule has 1 saturated heterocycles. The van der Waals surface area contributed by atoms with Crippen LogP contribution in [-0.2, 0) is 4.74 Å². The van der Waals surface area contributed by atoms with Crippen LogP contribution in [0.25, 0.3) is 0 Å². The maximum absolute atomic E-state index is 10.6. The first kappa shape index (κ1) is 21.4. The van der Waals surface area contributed by atoms with E-state index in [1.54, 1.807) is 26.4 Å². The normalized spacial score (nSPS) is 29.7. The number of aliphatic imine (C=N–C) groups is 2. The molecule has 0 spiro atoms. The second-order valence-corrected chi connectivity index (χ2v) is 8.37. The molecule has 2 aliphatic rings. The highest BCUT2D eigenvalue weighted by atomic mass is 35.5. The van der Waals surface area contributed by atoms with Gasteiger partial charge in [-0.3, -0.25) is 10.6 Å². The molecule has 2 aliphatic heterocycles. The third-order valence-corrected chi connectivity index (χ3v) is 5.76. The fourth-order valence-corrected chi connectivity index (χ4v) is 4.30. The summed E-state index contributed by atoms with van der Waals surface area (Å²) in [4.78, 5) is 11.0. The molecule has 8 nitrogen and oxygen atoms in total. The Bertz CT molecular complexity index is 787. The van der Waals surface area contributed by atoms with E-state index in [-0.39, 0.29) is 18.8 Å². The van der Waals surface area contributed by atoms with Crippen LogP contribution in [0.2, 0.25) is 10.0 Å². The van der Waals surface area contributed by atoms with Gasteiger partial charge in [-0.1, -0.05) is 29.3 Å². The number of hydrogen-bond acceptors (Lipinski definition) is 8. The number of nitrogens with one attached hydrogen (secondary N) is 2. The van der Waals surface area contributed by atoms with Crippen LogP contribution in [0, 0.1) is 0 Å².